The summed E-state index contributed by atoms with van der Waals surface area (Å²) in [6.07, 6.45) is 1.88. The minimum absolute atomic E-state index is 0.107. The van der Waals surface area contributed by atoms with Crippen LogP contribution in [0.25, 0.3) is 5.69 Å². The van der Waals surface area contributed by atoms with Crippen molar-refractivity contribution >= 4 is 11.9 Å². The summed E-state index contributed by atoms with van der Waals surface area (Å²) in [5, 5.41) is 11.0. The highest BCUT2D eigenvalue weighted by molar-refractivity contribution is 5.90. The SMILES string of the molecule is CCCCNC(=O)COC(=O)c1nn(-c2ccccc2)nc1C. The van der Waals surface area contributed by atoms with Gasteiger partial charge >= 0.3 is 5.97 Å². The summed E-state index contributed by atoms with van der Waals surface area (Å²) in [7, 11) is 0. The first-order valence-electron chi connectivity index (χ1n) is 7.55. The molecule has 0 radical (unpaired) electrons. The molecule has 23 heavy (non-hydrogen) atoms. The zero-order valence-corrected chi connectivity index (χ0v) is 13.3. The average molecular weight is 316 g/mol. The molecule has 0 aliphatic rings. The van der Waals surface area contributed by atoms with Gasteiger partial charge in [-0.05, 0) is 25.5 Å². The molecule has 0 unspecified atom stereocenters. The Bertz CT molecular complexity index is 667. The van der Waals surface area contributed by atoms with E-state index in [1.165, 1.54) is 4.80 Å². The van der Waals surface area contributed by atoms with Crippen LogP contribution in [0.5, 0.6) is 0 Å². The predicted molar refractivity (Wildman–Crippen MR) is 84.3 cm³/mol. The lowest BCUT2D eigenvalue weighted by atomic mass is 10.3. The minimum atomic E-state index is -0.657. The third-order valence-corrected chi connectivity index (χ3v) is 3.15. The van der Waals surface area contributed by atoms with E-state index >= 15 is 0 Å². The fraction of sp³-hybridized carbons (Fsp3) is 0.375. The summed E-state index contributed by atoms with van der Waals surface area (Å²) in [6.45, 7) is 3.96. The van der Waals surface area contributed by atoms with Crippen molar-refractivity contribution in [1.29, 1.82) is 0 Å². The zero-order valence-electron chi connectivity index (χ0n) is 13.3. The summed E-state index contributed by atoms with van der Waals surface area (Å²) in [5.41, 5.74) is 1.30. The Morgan fingerprint density at radius 1 is 1.22 bits per heavy atom. The second kappa shape index (κ2) is 8.07. The molecule has 0 atom stereocenters. The molecule has 0 bridgehead atoms. The number of nitrogens with one attached hydrogen (secondary N) is 1. The van der Waals surface area contributed by atoms with Gasteiger partial charge in [0, 0.05) is 6.54 Å². The fourth-order valence-corrected chi connectivity index (χ4v) is 1.90. The van der Waals surface area contributed by atoms with E-state index in [2.05, 4.69) is 15.5 Å². The first-order valence-corrected chi connectivity index (χ1v) is 7.55. The number of aryl methyl sites for hydroxylation is 1. The Labute approximate surface area is 134 Å². The molecule has 0 aliphatic heterocycles. The van der Waals surface area contributed by atoms with Crippen molar-refractivity contribution in [3.05, 3.63) is 41.7 Å². The Morgan fingerprint density at radius 3 is 2.65 bits per heavy atom. The third kappa shape index (κ3) is 4.64. The number of amides is 1. The largest absolute Gasteiger partial charge is 0.451 e. The Balaban J connectivity index is 1.95. The summed E-state index contributed by atoms with van der Waals surface area (Å²) in [5.74, 6) is -0.977. The van der Waals surface area contributed by atoms with E-state index in [0.717, 1.165) is 18.5 Å². The molecule has 2 rings (SSSR count). The summed E-state index contributed by atoms with van der Waals surface area (Å²) >= 11 is 0. The molecule has 2 aromatic rings. The number of carbonyl (C=O) groups excluding carboxylic acids is 2. The number of carbonyl (C=O) groups is 2. The molecule has 1 aromatic heterocycles. The lowest BCUT2D eigenvalue weighted by molar-refractivity contribution is -0.124. The van der Waals surface area contributed by atoms with Gasteiger partial charge in [-0.2, -0.15) is 9.90 Å². The van der Waals surface area contributed by atoms with E-state index in [0.29, 0.717) is 12.2 Å². The highest BCUT2D eigenvalue weighted by Gasteiger charge is 2.18. The maximum atomic E-state index is 12.0. The lowest BCUT2D eigenvalue weighted by Crippen LogP contribution is -2.29. The van der Waals surface area contributed by atoms with Gasteiger partial charge in [0.25, 0.3) is 5.91 Å². The van der Waals surface area contributed by atoms with Crippen molar-refractivity contribution in [1.82, 2.24) is 20.3 Å². The van der Waals surface area contributed by atoms with Crippen molar-refractivity contribution in [3.63, 3.8) is 0 Å². The normalized spacial score (nSPS) is 10.3. The maximum absolute atomic E-state index is 12.0. The highest BCUT2D eigenvalue weighted by Crippen LogP contribution is 2.09. The summed E-state index contributed by atoms with van der Waals surface area (Å²) in [6, 6.07) is 9.25. The molecule has 1 amide bonds. The van der Waals surface area contributed by atoms with Crippen molar-refractivity contribution < 1.29 is 14.3 Å². The van der Waals surface area contributed by atoms with Crippen LogP contribution >= 0.6 is 0 Å². The lowest BCUT2D eigenvalue weighted by Gasteiger charge is -2.04. The van der Waals surface area contributed by atoms with Crippen LogP contribution in [0.15, 0.2) is 30.3 Å². The molecule has 0 fully saturated rings. The van der Waals surface area contributed by atoms with Crippen LogP contribution in [0.4, 0.5) is 0 Å². The first-order chi connectivity index (χ1) is 11.1. The van der Waals surface area contributed by atoms with Gasteiger partial charge < -0.3 is 10.1 Å². The van der Waals surface area contributed by atoms with Gasteiger partial charge in [0.1, 0.15) is 0 Å². The van der Waals surface area contributed by atoms with E-state index in [9.17, 15) is 9.59 Å². The van der Waals surface area contributed by atoms with Crippen LogP contribution in [0.2, 0.25) is 0 Å². The Morgan fingerprint density at radius 2 is 1.96 bits per heavy atom. The van der Waals surface area contributed by atoms with Crippen molar-refractivity contribution in [2.45, 2.75) is 26.7 Å². The molecule has 1 heterocycles. The molecule has 1 aromatic carbocycles. The standard InChI is InChI=1S/C16H20N4O3/c1-3-4-10-17-14(21)11-23-16(22)15-12(2)18-20(19-15)13-8-6-5-7-9-13/h5-9H,3-4,10-11H2,1-2H3,(H,17,21). The summed E-state index contributed by atoms with van der Waals surface area (Å²) in [4.78, 5) is 24.9. The molecular formula is C16H20N4O3. The van der Waals surface area contributed by atoms with E-state index in [4.69, 9.17) is 4.74 Å². The number of esters is 1. The Kier molecular flexibility index (Phi) is 5.85. The van der Waals surface area contributed by atoms with Gasteiger partial charge in [-0.25, -0.2) is 4.79 Å². The number of hydrogen-bond acceptors (Lipinski definition) is 5. The molecule has 0 saturated heterocycles. The van der Waals surface area contributed by atoms with Gasteiger partial charge in [-0.15, -0.1) is 5.10 Å². The van der Waals surface area contributed by atoms with Crippen LogP contribution in [0.1, 0.15) is 35.9 Å². The van der Waals surface area contributed by atoms with Crippen molar-refractivity contribution in [2.75, 3.05) is 13.2 Å². The molecule has 122 valence electrons. The number of ether oxygens (including phenoxy) is 1. The van der Waals surface area contributed by atoms with Crippen molar-refractivity contribution in [2.24, 2.45) is 0 Å². The zero-order chi connectivity index (χ0) is 16.7. The van der Waals surface area contributed by atoms with Gasteiger partial charge in [0.05, 0.1) is 11.4 Å². The predicted octanol–water partition coefficient (Wildman–Crippen LogP) is 1.65. The summed E-state index contributed by atoms with van der Waals surface area (Å²) < 4.78 is 4.98. The van der Waals surface area contributed by atoms with Gasteiger partial charge in [-0.3, -0.25) is 4.79 Å². The highest BCUT2D eigenvalue weighted by atomic mass is 16.5. The van der Waals surface area contributed by atoms with E-state index < -0.39 is 5.97 Å². The van der Waals surface area contributed by atoms with Crippen LogP contribution in [-0.2, 0) is 9.53 Å². The van der Waals surface area contributed by atoms with Crippen LogP contribution < -0.4 is 5.32 Å². The molecule has 0 spiro atoms. The van der Waals surface area contributed by atoms with Gasteiger partial charge in [0.15, 0.2) is 12.3 Å². The van der Waals surface area contributed by atoms with Gasteiger partial charge in [-0.1, -0.05) is 31.5 Å². The van der Waals surface area contributed by atoms with E-state index in [-0.39, 0.29) is 18.2 Å². The second-order valence-electron chi connectivity index (χ2n) is 5.04. The number of benzene rings is 1. The number of aromatic nitrogens is 3. The van der Waals surface area contributed by atoms with Crippen LogP contribution in [0.3, 0.4) is 0 Å². The smallest absolute Gasteiger partial charge is 0.361 e. The minimum Gasteiger partial charge on any atom is -0.451 e. The number of hydrogen-bond donors (Lipinski definition) is 1. The number of nitrogens with zero attached hydrogens (tertiary/aromatic N) is 3. The molecule has 0 aliphatic carbocycles. The van der Waals surface area contributed by atoms with Crippen LogP contribution in [-0.4, -0.2) is 40.0 Å². The Hall–Kier alpha value is -2.70. The molecule has 7 heteroatoms. The van der Waals surface area contributed by atoms with E-state index in [1.54, 1.807) is 6.92 Å². The average Bonchev–Trinajstić information content (AvgIpc) is 2.96. The molecule has 7 nitrogen and oxygen atoms in total. The topological polar surface area (TPSA) is 86.1 Å². The molecule has 1 N–H and O–H groups in total. The molecule has 0 saturated carbocycles. The monoisotopic (exact) mass is 316 g/mol. The van der Waals surface area contributed by atoms with Gasteiger partial charge in [0.2, 0.25) is 0 Å². The first kappa shape index (κ1) is 16.7. The third-order valence-electron chi connectivity index (χ3n) is 3.15. The number of para-hydroxylation sites is 1. The van der Waals surface area contributed by atoms with E-state index in [1.807, 2.05) is 37.3 Å². The number of unbranched alkanes of at least 4 members (excludes halogenated alkanes) is 1. The van der Waals surface area contributed by atoms with Crippen LogP contribution in [0, 0.1) is 6.92 Å². The maximum Gasteiger partial charge on any atom is 0.361 e. The second-order valence-corrected chi connectivity index (χ2v) is 5.04. The quantitative estimate of drug-likeness (QED) is 0.620. The van der Waals surface area contributed by atoms with Crippen molar-refractivity contribution in [3.8, 4) is 5.69 Å². The fourth-order valence-electron chi connectivity index (χ4n) is 1.90. The number of rotatable bonds is 7. The molecular weight excluding hydrogens is 296 g/mol.